The Morgan fingerprint density at radius 3 is 1.63 bits per heavy atom. The molecular formula is C16H16N2O. The first-order chi connectivity index (χ1) is 9.24. The lowest BCUT2D eigenvalue weighted by Gasteiger charge is -2.13. The Bertz CT molecular complexity index is 518. The van der Waals surface area contributed by atoms with Crippen LogP contribution in [-0.2, 0) is 4.79 Å². The van der Waals surface area contributed by atoms with Gasteiger partial charge in [-0.05, 0) is 31.2 Å². The van der Waals surface area contributed by atoms with Crippen LogP contribution in [0.1, 0.15) is 6.92 Å². The van der Waals surface area contributed by atoms with Crippen LogP contribution in [0.3, 0.4) is 0 Å². The number of anilines is 2. The molecule has 3 heteroatoms. The van der Waals surface area contributed by atoms with Gasteiger partial charge in [0.1, 0.15) is 5.82 Å². The monoisotopic (exact) mass is 252 g/mol. The van der Waals surface area contributed by atoms with Crippen molar-refractivity contribution in [3.8, 4) is 0 Å². The van der Waals surface area contributed by atoms with Gasteiger partial charge in [-0.2, -0.15) is 0 Å². The van der Waals surface area contributed by atoms with Crippen molar-refractivity contribution in [2.45, 2.75) is 6.92 Å². The van der Waals surface area contributed by atoms with Crippen LogP contribution in [0.5, 0.6) is 0 Å². The summed E-state index contributed by atoms with van der Waals surface area (Å²) in [5.41, 5.74) is 1.86. The molecule has 0 aliphatic rings. The third-order valence-corrected chi connectivity index (χ3v) is 2.45. The number of hydrogen-bond donors (Lipinski definition) is 2. The maximum atomic E-state index is 11.3. The van der Waals surface area contributed by atoms with Gasteiger partial charge in [-0.1, -0.05) is 36.4 Å². The average Bonchev–Trinajstić information content (AvgIpc) is 2.40. The van der Waals surface area contributed by atoms with E-state index in [-0.39, 0.29) is 5.78 Å². The highest BCUT2D eigenvalue weighted by Gasteiger charge is 2.00. The highest BCUT2D eigenvalue weighted by atomic mass is 16.1. The van der Waals surface area contributed by atoms with Gasteiger partial charge in [-0.3, -0.25) is 4.79 Å². The van der Waals surface area contributed by atoms with Crippen LogP contribution in [0.25, 0.3) is 0 Å². The highest BCUT2D eigenvalue weighted by Crippen LogP contribution is 2.13. The quantitative estimate of drug-likeness (QED) is 0.798. The molecule has 0 heterocycles. The van der Waals surface area contributed by atoms with Crippen LogP contribution in [0, 0.1) is 0 Å². The summed E-state index contributed by atoms with van der Waals surface area (Å²) in [5, 5.41) is 6.38. The number of para-hydroxylation sites is 2. The normalized spacial score (nSPS) is 9.53. The van der Waals surface area contributed by atoms with Gasteiger partial charge in [-0.25, -0.2) is 0 Å². The third-order valence-electron chi connectivity index (χ3n) is 2.45. The average molecular weight is 252 g/mol. The smallest absolute Gasteiger partial charge is 0.156 e. The molecule has 19 heavy (non-hydrogen) atoms. The van der Waals surface area contributed by atoms with Gasteiger partial charge in [0.2, 0.25) is 0 Å². The number of carbonyl (C=O) groups excluding carboxylic acids is 1. The first-order valence-corrected chi connectivity index (χ1v) is 6.10. The predicted molar refractivity (Wildman–Crippen MR) is 78.9 cm³/mol. The second-order valence-electron chi connectivity index (χ2n) is 4.15. The number of rotatable bonds is 5. The SMILES string of the molecule is CC(=O)C=C(Nc1ccccc1)Nc1ccccc1. The first kappa shape index (κ1) is 12.9. The van der Waals surface area contributed by atoms with E-state index in [1.807, 2.05) is 60.7 Å². The summed E-state index contributed by atoms with van der Waals surface area (Å²) >= 11 is 0. The molecule has 2 aromatic carbocycles. The molecule has 0 aliphatic carbocycles. The van der Waals surface area contributed by atoms with Crippen molar-refractivity contribution < 1.29 is 4.79 Å². The highest BCUT2D eigenvalue weighted by molar-refractivity contribution is 5.89. The summed E-state index contributed by atoms with van der Waals surface area (Å²) in [6.07, 6.45) is 1.54. The van der Waals surface area contributed by atoms with Crippen molar-refractivity contribution in [3.05, 3.63) is 72.6 Å². The Morgan fingerprint density at radius 2 is 1.26 bits per heavy atom. The zero-order valence-corrected chi connectivity index (χ0v) is 10.8. The van der Waals surface area contributed by atoms with Crippen LogP contribution in [0.4, 0.5) is 11.4 Å². The molecule has 0 atom stereocenters. The second-order valence-corrected chi connectivity index (χ2v) is 4.15. The summed E-state index contributed by atoms with van der Waals surface area (Å²) in [7, 11) is 0. The second kappa shape index (κ2) is 6.40. The lowest BCUT2D eigenvalue weighted by molar-refractivity contribution is -0.112. The molecule has 2 N–H and O–H groups in total. The zero-order chi connectivity index (χ0) is 13.5. The molecular weight excluding hydrogens is 236 g/mol. The van der Waals surface area contributed by atoms with Crippen LogP contribution >= 0.6 is 0 Å². The van der Waals surface area contributed by atoms with Crippen LogP contribution < -0.4 is 10.6 Å². The molecule has 0 saturated heterocycles. The predicted octanol–water partition coefficient (Wildman–Crippen LogP) is 3.64. The molecule has 0 saturated carbocycles. The van der Waals surface area contributed by atoms with Gasteiger partial charge in [-0.15, -0.1) is 0 Å². The summed E-state index contributed by atoms with van der Waals surface area (Å²) < 4.78 is 0. The Labute approximate surface area is 113 Å². The lowest BCUT2D eigenvalue weighted by atomic mass is 10.3. The Hall–Kier alpha value is -2.55. The molecule has 0 unspecified atom stereocenters. The van der Waals surface area contributed by atoms with Gasteiger partial charge >= 0.3 is 0 Å². The Morgan fingerprint density at radius 1 is 0.842 bits per heavy atom. The van der Waals surface area contributed by atoms with E-state index in [4.69, 9.17) is 0 Å². The zero-order valence-electron chi connectivity index (χ0n) is 10.8. The van der Waals surface area contributed by atoms with Crippen molar-refractivity contribution in [3.63, 3.8) is 0 Å². The molecule has 2 rings (SSSR count). The maximum Gasteiger partial charge on any atom is 0.156 e. The molecule has 0 spiro atoms. The van der Waals surface area contributed by atoms with Gasteiger partial charge in [0.15, 0.2) is 5.78 Å². The number of carbonyl (C=O) groups is 1. The van der Waals surface area contributed by atoms with E-state index in [2.05, 4.69) is 10.6 Å². The molecule has 2 aromatic rings. The number of benzene rings is 2. The molecule has 96 valence electrons. The minimum absolute atomic E-state index is 0.0122. The maximum absolute atomic E-state index is 11.3. The summed E-state index contributed by atoms with van der Waals surface area (Å²) in [6.45, 7) is 1.53. The largest absolute Gasteiger partial charge is 0.342 e. The number of ketones is 1. The minimum atomic E-state index is -0.0122. The number of nitrogens with one attached hydrogen (secondary N) is 2. The van der Waals surface area contributed by atoms with Crippen molar-refractivity contribution in [2.75, 3.05) is 10.6 Å². The molecule has 0 aliphatic heterocycles. The van der Waals surface area contributed by atoms with Crippen molar-refractivity contribution in [2.24, 2.45) is 0 Å². The molecule has 0 aromatic heterocycles. The van der Waals surface area contributed by atoms with Gasteiger partial charge in [0, 0.05) is 17.5 Å². The van der Waals surface area contributed by atoms with E-state index in [1.54, 1.807) is 6.08 Å². The first-order valence-electron chi connectivity index (χ1n) is 6.10. The molecule has 0 bridgehead atoms. The third kappa shape index (κ3) is 4.32. The van der Waals surface area contributed by atoms with E-state index < -0.39 is 0 Å². The fourth-order valence-electron chi connectivity index (χ4n) is 1.66. The summed E-state index contributed by atoms with van der Waals surface area (Å²) in [4.78, 5) is 11.3. The minimum Gasteiger partial charge on any atom is -0.342 e. The van der Waals surface area contributed by atoms with Crippen molar-refractivity contribution >= 4 is 17.2 Å². The van der Waals surface area contributed by atoms with Gasteiger partial charge < -0.3 is 10.6 Å². The summed E-state index contributed by atoms with van der Waals surface area (Å²) in [6, 6.07) is 19.4. The molecule has 3 nitrogen and oxygen atoms in total. The lowest BCUT2D eigenvalue weighted by Crippen LogP contribution is -2.11. The summed E-state index contributed by atoms with van der Waals surface area (Å²) in [5.74, 6) is 0.645. The van der Waals surface area contributed by atoms with Crippen LogP contribution in [-0.4, -0.2) is 5.78 Å². The van der Waals surface area contributed by atoms with E-state index in [0.717, 1.165) is 11.4 Å². The van der Waals surface area contributed by atoms with Crippen LogP contribution in [0.15, 0.2) is 72.6 Å². The van der Waals surface area contributed by atoms with Crippen LogP contribution in [0.2, 0.25) is 0 Å². The van der Waals surface area contributed by atoms with Crippen molar-refractivity contribution in [1.82, 2.24) is 0 Å². The van der Waals surface area contributed by atoms with Gasteiger partial charge in [0.05, 0.1) is 0 Å². The molecule has 0 fully saturated rings. The number of allylic oxidation sites excluding steroid dienone is 1. The molecule has 0 amide bonds. The Kier molecular flexibility index (Phi) is 4.34. The number of hydrogen-bond acceptors (Lipinski definition) is 3. The van der Waals surface area contributed by atoms with Gasteiger partial charge in [0.25, 0.3) is 0 Å². The van der Waals surface area contributed by atoms with E-state index in [9.17, 15) is 4.79 Å². The molecule has 0 radical (unpaired) electrons. The van der Waals surface area contributed by atoms with Crippen molar-refractivity contribution in [1.29, 1.82) is 0 Å². The standard InChI is InChI=1S/C16H16N2O/c1-13(19)12-16(17-14-8-4-2-5-9-14)18-15-10-6-3-7-11-15/h2-12,17-18H,1H3. The Balaban J connectivity index is 2.16. The topological polar surface area (TPSA) is 41.1 Å². The van der Waals surface area contributed by atoms with E-state index >= 15 is 0 Å². The fraction of sp³-hybridized carbons (Fsp3) is 0.0625. The van der Waals surface area contributed by atoms with E-state index in [1.165, 1.54) is 6.92 Å². The van der Waals surface area contributed by atoms with E-state index in [0.29, 0.717) is 5.82 Å². The fourth-order valence-corrected chi connectivity index (χ4v) is 1.66.